The van der Waals surface area contributed by atoms with E-state index in [1.807, 2.05) is 13.0 Å². The first-order valence-electron chi connectivity index (χ1n) is 8.66. The van der Waals surface area contributed by atoms with Gasteiger partial charge in [-0.1, -0.05) is 29.4 Å². The van der Waals surface area contributed by atoms with E-state index in [0.717, 1.165) is 29.6 Å². The van der Waals surface area contributed by atoms with Gasteiger partial charge in [0, 0.05) is 18.1 Å². The summed E-state index contributed by atoms with van der Waals surface area (Å²) in [5.41, 5.74) is 1.23. The topological polar surface area (TPSA) is 57.0 Å². The molecule has 0 atom stereocenters. The van der Waals surface area contributed by atoms with E-state index >= 15 is 0 Å². The molecular weight excluding hydrogens is 439 g/mol. The zero-order valence-electron chi connectivity index (χ0n) is 16.5. The van der Waals surface area contributed by atoms with E-state index in [9.17, 15) is 18.0 Å². The fourth-order valence-electron chi connectivity index (χ4n) is 2.99. The largest absolute Gasteiger partial charge is 0.494 e. The number of alkyl halides is 3. The summed E-state index contributed by atoms with van der Waals surface area (Å²) in [7, 11) is 3.04. The summed E-state index contributed by atoms with van der Waals surface area (Å²) in [5.74, 6) is 0.397. The van der Waals surface area contributed by atoms with Crippen molar-refractivity contribution >= 4 is 23.4 Å². The van der Waals surface area contributed by atoms with Crippen molar-refractivity contribution in [3.63, 3.8) is 0 Å². The molecule has 3 rings (SSSR count). The van der Waals surface area contributed by atoms with Crippen LogP contribution >= 0.6 is 23.4 Å². The van der Waals surface area contributed by atoms with E-state index in [1.165, 1.54) is 11.8 Å². The summed E-state index contributed by atoms with van der Waals surface area (Å²) in [5, 5.41) is 4.31. The molecule has 2 aromatic heterocycles. The summed E-state index contributed by atoms with van der Waals surface area (Å²) in [6, 6.07) is 6.17. The maximum Gasteiger partial charge on any atom is 0.417 e. The van der Waals surface area contributed by atoms with Gasteiger partial charge < -0.3 is 4.74 Å². The van der Waals surface area contributed by atoms with Crippen LogP contribution in [0.15, 0.2) is 45.2 Å². The Morgan fingerprint density at radius 2 is 1.90 bits per heavy atom. The highest BCUT2D eigenvalue weighted by Gasteiger charge is 2.31. The molecular formula is C20H17ClF3N3O2S. The van der Waals surface area contributed by atoms with Crippen LogP contribution in [0.4, 0.5) is 13.2 Å². The Morgan fingerprint density at radius 1 is 1.20 bits per heavy atom. The molecule has 0 amide bonds. The number of hydrogen-bond acceptors (Lipinski definition) is 5. The zero-order valence-corrected chi connectivity index (χ0v) is 18.0. The Labute approximate surface area is 179 Å². The van der Waals surface area contributed by atoms with Crippen LogP contribution in [0.3, 0.4) is 0 Å². The molecule has 0 aliphatic carbocycles. The van der Waals surface area contributed by atoms with Crippen LogP contribution in [-0.2, 0) is 13.2 Å². The Kier molecular flexibility index (Phi) is 6.14. The van der Waals surface area contributed by atoms with Gasteiger partial charge in [0.15, 0.2) is 5.75 Å². The lowest BCUT2D eigenvalue weighted by atomic mass is 10.0. The normalized spacial score (nSPS) is 11.6. The number of halogens is 4. The molecule has 0 aliphatic rings. The van der Waals surface area contributed by atoms with Gasteiger partial charge in [-0.25, -0.2) is 9.67 Å². The molecule has 10 heteroatoms. The fraction of sp³-hybridized carbons (Fsp3) is 0.250. The standard InChI is InChI=1S/C20H17ClF3N3O2S/c1-10-7-13(30-18-15(21)8-12(9-25-18)20(22,23)24)5-6-14(10)16-17(29-4)11(2)26-27(3)19(16)28/h5-9H,1-4H3. The number of rotatable bonds is 4. The summed E-state index contributed by atoms with van der Waals surface area (Å²) in [4.78, 5) is 17.2. The van der Waals surface area contributed by atoms with Crippen LogP contribution in [0.25, 0.3) is 11.1 Å². The molecule has 158 valence electrons. The van der Waals surface area contributed by atoms with Crippen molar-refractivity contribution in [1.82, 2.24) is 14.8 Å². The quantitative estimate of drug-likeness (QED) is 0.535. The van der Waals surface area contributed by atoms with Crippen molar-refractivity contribution in [3.8, 4) is 16.9 Å². The highest BCUT2D eigenvalue weighted by Crippen LogP contribution is 2.38. The third-order valence-corrected chi connectivity index (χ3v) is 5.79. The maximum absolute atomic E-state index is 12.8. The van der Waals surface area contributed by atoms with Gasteiger partial charge in [-0.3, -0.25) is 4.79 Å². The molecule has 0 bridgehead atoms. The molecule has 0 radical (unpaired) electrons. The monoisotopic (exact) mass is 455 g/mol. The molecule has 0 fully saturated rings. The van der Waals surface area contributed by atoms with E-state index in [2.05, 4.69) is 10.1 Å². The van der Waals surface area contributed by atoms with Gasteiger partial charge in [-0.05, 0) is 43.2 Å². The van der Waals surface area contributed by atoms with Crippen molar-refractivity contribution in [3.05, 3.63) is 62.7 Å². The predicted octanol–water partition coefficient (Wildman–Crippen LogP) is 5.29. The minimum Gasteiger partial charge on any atom is -0.494 e. The van der Waals surface area contributed by atoms with Gasteiger partial charge in [0.2, 0.25) is 0 Å². The third-order valence-electron chi connectivity index (χ3n) is 4.38. The number of ether oxygens (including phenoxy) is 1. The maximum atomic E-state index is 12.8. The zero-order chi connectivity index (χ0) is 22.2. The first-order chi connectivity index (χ1) is 14.0. The fourth-order valence-corrected chi connectivity index (χ4v) is 4.13. The predicted molar refractivity (Wildman–Crippen MR) is 109 cm³/mol. The first-order valence-corrected chi connectivity index (χ1v) is 9.86. The second-order valence-corrected chi connectivity index (χ2v) is 7.98. The second kappa shape index (κ2) is 8.31. The molecule has 0 N–H and O–H groups in total. The number of aromatic nitrogens is 3. The van der Waals surface area contributed by atoms with Crippen LogP contribution in [0, 0.1) is 13.8 Å². The molecule has 30 heavy (non-hydrogen) atoms. The molecule has 0 saturated heterocycles. The Balaban J connectivity index is 1.99. The third kappa shape index (κ3) is 4.32. The Morgan fingerprint density at radius 3 is 2.47 bits per heavy atom. The average Bonchev–Trinajstić information content (AvgIpc) is 2.66. The summed E-state index contributed by atoms with van der Waals surface area (Å²) in [6.07, 6.45) is -3.75. The summed E-state index contributed by atoms with van der Waals surface area (Å²) >= 11 is 7.13. The van der Waals surface area contributed by atoms with Crippen LogP contribution in [0.5, 0.6) is 5.75 Å². The van der Waals surface area contributed by atoms with Gasteiger partial charge in [0.1, 0.15) is 10.7 Å². The lowest BCUT2D eigenvalue weighted by Crippen LogP contribution is -2.23. The number of pyridine rings is 1. The first kappa shape index (κ1) is 22.2. The molecule has 3 aromatic rings. The number of nitrogens with zero attached hydrogens (tertiary/aromatic N) is 3. The molecule has 0 saturated carbocycles. The van der Waals surface area contributed by atoms with Crippen molar-refractivity contribution in [2.75, 3.05) is 7.11 Å². The van der Waals surface area contributed by atoms with Crippen LogP contribution in [-0.4, -0.2) is 21.9 Å². The number of aryl methyl sites for hydroxylation is 3. The highest BCUT2D eigenvalue weighted by molar-refractivity contribution is 7.99. The minimum atomic E-state index is -4.51. The average molecular weight is 456 g/mol. The van der Waals surface area contributed by atoms with E-state index in [1.54, 1.807) is 26.1 Å². The van der Waals surface area contributed by atoms with Crippen molar-refractivity contribution in [2.45, 2.75) is 29.9 Å². The van der Waals surface area contributed by atoms with Crippen LogP contribution in [0.1, 0.15) is 16.8 Å². The molecule has 1 aromatic carbocycles. The Hall–Kier alpha value is -2.52. The SMILES string of the molecule is COc1c(C)nn(C)c(=O)c1-c1ccc(Sc2ncc(C(F)(F)F)cc2Cl)cc1C. The van der Waals surface area contributed by atoms with Gasteiger partial charge in [-0.15, -0.1) is 0 Å². The minimum absolute atomic E-state index is 0.0862. The number of hydrogen-bond donors (Lipinski definition) is 0. The molecule has 0 spiro atoms. The lowest BCUT2D eigenvalue weighted by Gasteiger charge is -2.14. The summed E-state index contributed by atoms with van der Waals surface area (Å²) < 4.78 is 45.0. The van der Waals surface area contributed by atoms with Gasteiger partial charge in [0.25, 0.3) is 5.56 Å². The second-order valence-electron chi connectivity index (χ2n) is 6.51. The van der Waals surface area contributed by atoms with Crippen LogP contribution in [0.2, 0.25) is 5.02 Å². The number of benzene rings is 1. The lowest BCUT2D eigenvalue weighted by molar-refractivity contribution is -0.137. The van der Waals surface area contributed by atoms with Crippen molar-refractivity contribution in [2.24, 2.45) is 7.05 Å². The van der Waals surface area contributed by atoms with E-state index in [0.29, 0.717) is 27.5 Å². The molecule has 0 unspecified atom stereocenters. The molecule has 5 nitrogen and oxygen atoms in total. The van der Waals surface area contributed by atoms with E-state index < -0.39 is 11.7 Å². The molecule has 0 aliphatic heterocycles. The van der Waals surface area contributed by atoms with E-state index in [-0.39, 0.29) is 15.6 Å². The van der Waals surface area contributed by atoms with Crippen LogP contribution < -0.4 is 10.3 Å². The van der Waals surface area contributed by atoms with Gasteiger partial charge >= 0.3 is 6.18 Å². The van der Waals surface area contributed by atoms with Crippen molar-refractivity contribution < 1.29 is 17.9 Å². The van der Waals surface area contributed by atoms with Crippen molar-refractivity contribution in [1.29, 1.82) is 0 Å². The number of methoxy groups -OCH3 is 1. The van der Waals surface area contributed by atoms with Gasteiger partial charge in [0.05, 0.1) is 23.3 Å². The summed E-state index contributed by atoms with van der Waals surface area (Å²) in [6.45, 7) is 3.58. The smallest absolute Gasteiger partial charge is 0.417 e. The van der Waals surface area contributed by atoms with E-state index in [4.69, 9.17) is 16.3 Å². The highest BCUT2D eigenvalue weighted by atomic mass is 35.5. The van der Waals surface area contributed by atoms with Gasteiger partial charge in [-0.2, -0.15) is 18.3 Å². The Bertz CT molecular complexity index is 1180. The molecule has 2 heterocycles.